The lowest BCUT2D eigenvalue weighted by Crippen LogP contribution is -2.63. The van der Waals surface area contributed by atoms with Crippen molar-refractivity contribution in [1.29, 1.82) is 0 Å². The predicted molar refractivity (Wildman–Crippen MR) is 566 cm³/mol. The van der Waals surface area contributed by atoms with Crippen LogP contribution in [0.5, 0.6) is 0 Å². The predicted octanol–water partition coefficient (Wildman–Crippen LogP) is 3.79. The van der Waals surface area contributed by atoms with Gasteiger partial charge < -0.3 is 78.5 Å². The summed E-state index contributed by atoms with van der Waals surface area (Å²) in [5.74, 6) is -5.14. The number of rotatable bonds is 44. The molecule has 0 radical (unpaired) electrons. The molecule has 18 atom stereocenters. The van der Waals surface area contributed by atoms with E-state index in [1.54, 1.807) is 39.5 Å². The van der Waals surface area contributed by atoms with E-state index >= 15 is 0 Å². The summed E-state index contributed by atoms with van der Waals surface area (Å²) in [5, 5.41) is 33.3. The highest BCUT2D eigenvalue weighted by Crippen LogP contribution is 2.67. The third-order valence-electron chi connectivity index (χ3n) is 31.7. The number of carbonyl (C=O) groups is 15. The Kier molecular flexibility index (Phi) is 40.3. The molecular formula is C104H173N21O21S3. The van der Waals surface area contributed by atoms with Gasteiger partial charge in [-0.3, -0.25) is 57.5 Å². The number of ketones is 3. The maximum Gasteiger partial charge on any atom is 0.315 e. The van der Waals surface area contributed by atoms with Gasteiger partial charge in [0.1, 0.15) is 36.3 Å². The molecule has 3 aliphatic heterocycles. The molecule has 15 amide bonds. The van der Waals surface area contributed by atoms with Crippen LogP contribution in [-0.4, -0.2) is 338 Å². The lowest BCUT2D eigenvalue weighted by atomic mass is 9.85. The third kappa shape index (κ3) is 30.4. The van der Waals surface area contributed by atoms with Crippen LogP contribution >= 0.6 is 0 Å². The molecule has 3 unspecified atom stereocenters. The van der Waals surface area contributed by atoms with Crippen LogP contribution in [0, 0.1) is 109 Å². The van der Waals surface area contributed by atoms with Gasteiger partial charge in [-0.1, -0.05) is 201 Å². The molecule has 0 aromatic heterocycles. The van der Waals surface area contributed by atoms with Crippen molar-refractivity contribution in [2.75, 3.05) is 115 Å². The lowest BCUT2D eigenvalue weighted by molar-refractivity contribution is -0.145. The lowest BCUT2D eigenvalue weighted by Gasteiger charge is -2.39. The van der Waals surface area contributed by atoms with E-state index in [2.05, 4.69) is 109 Å². The number of nitrogens with zero attached hydrogens (tertiary/aromatic N) is 8. The van der Waals surface area contributed by atoms with Gasteiger partial charge >= 0.3 is 18.1 Å². The van der Waals surface area contributed by atoms with Gasteiger partial charge in [0.2, 0.25) is 52.8 Å². The topological polar surface area (TPSA) is 541 Å². The number of nitrogens with one attached hydrogen (secondary N) is 13. The Labute approximate surface area is 884 Å². The monoisotopic (exact) mass is 2150 g/mol. The van der Waals surface area contributed by atoms with Crippen molar-refractivity contribution < 1.29 is 97.2 Å². The van der Waals surface area contributed by atoms with Crippen molar-refractivity contribution in [2.45, 2.75) is 296 Å². The van der Waals surface area contributed by atoms with Crippen LogP contribution in [0.25, 0.3) is 0 Å². The summed E-state index contributed by atoms with van der Waals surface area (Å²) in [6, 6.07) is -4.87. The van der Waals surface area contributed by atoms with E-state index in [0.29, 0.717) is 38.8 Å². The zero-order chi connectivity index (χ0) is 113. The van der Waals surface area contributed by atoms with Crippen molar-refractivity contribution in [2.24, 2.45) is 96.6 Å². The quantitative estimate of drug-likeness (QED) is 0.0251. The summed E-state index contributed by atoms with van der Waals surface area (Å²) in [4.78, 5) is 208. The van der Waals surface area contributed by atoms with Crippen LogP contribution in [0.4, 0.5) is 14.4 Å². The van der Waals surface area contributed by atoms with Crippen LogP contribution in [0.1, 0.15) is 222 Å². The van der Waals surface area contributed by atoms with Gasteiger partial charge in [0.15, 0.2) is 0 Å². The summed E-state index contributed by atoms with van der Waals surface area (Å²) in [7, 11) is 0.0984. The molecule has 1 aromatic rings. The van der Waals surface area contributed by atoms with E-state index in [-0.39, 0.29) is 134 Å². The van der Waals surface area contributed by atoms with E-state index in [4.69, 9.17) is 6.42 Å². The molecule has 9 aliphatic rings. The number of amides is 15. The van der Waals surface area contributed by atoms with Crippen LogP contribution in [0.2, 0.25) is 0 Å². The first-order valence-corrected chi connectivity index (χ1v) is 56.2. The Morgan fingerprint density at radius 3 is 1.05 bits per heavy atom. The number of carbonyl (C=O) groups excluding carboxylic acids is 15. The first kappa shape index (κ1) is 124. The summed E-state index contributed by atoms with van der Waals surface area (Å²) >= 11 is 0. The minimum atomic E-state index is -3.76. The SMILES string of the molecule is C#CCCC(NC(=O)[C@@H]1[C@@H]2[C@H](CN1C(=O)[C@@H](NC(=O)N[C@H](CN(C)S(=O)(=O)NC)C(C)(C)C)C(C)(C)C)C2(C)C)C(=O)C(=O)NCC.C=CCNC(=O)C(=O)C(CC1CC1)NC(=O)[C@@H]1[C@@H]2[C@H](CN1C(=O)[C@@H](NC(=O)N[C@H](CN(C)S(=O)(=O)N(C)C)C(C)(C)C)C1Cc3ccccc3C1)C2(C)C.CCNC(=O)C(=O)C(CC1CC1)NC(=O)[C@@H]1[C@@H]2[C@H](CN1C(=O)[C@@H](NC(=O)N[C@H](CN(C)S(=O)(=O)N(C)C)C(C)(C)C)C(C)(C)C)C2(C)C. The Bertz CT molecular complexity index is 5500. The first-order valence-electron chi connectivity index (χ1n) is 52.0. The second-order valence-electron chi connectivity index (χ2n) is 49.5. The maximum atomic E-state index is 14.9. The molecule has 10 rings (SSSR count). The number of likely N-dealkylation sites (tertiary alicyclic amines) is 3. The molecule has 0 spiro atoms. The summed E-state index contributed by atoms with van der Waals surface area (Å²) < 4.78 is 83.7. The van der Waals surface area contributed by atoms with Gasteiger partial charge in [-0.2, -0.15) is 46.8 Å². The highest BCUT2D eigenvalue weighted by Gasteiger charge is 2.73. The number of benzene rings is 1. The molecule has 838 valence electrons. The Hall–Kier alpha value is -9.82. The second-order valence-corrected chi connectivity index (χ2v) is 56.0. The van der Waals surface area contributed by atoms with Gasteiger partial charge in [0.25, 0.3) is 48.3 Å². The minimum Gasteiger partial charge on any atom is -0.350 e. The minimum absolute atomic E-state index is 0.00456. The highest BCUT2D eigenvalue weighted by molar-refractivity contribution is 7.87. The fourth-order valence-electron chi connectivity index (χ4n) is 21.2. The Balaban J connectivity index is 0.000000273. The van der Waals surface area contributed by atoms with Gasteiger partial charge in [-0.25, -0.2) is 19.1 Å². The average molecular weight is 2150 g/mol. The highest BCUT2D eigenvalue weighted by atomic mass is 32.2. The third-order valence-corrected chi connectivity index (χ3v) is 36.9. The molecule has 3 heterocycles. The van der Waals surface area contributed by atoms with E-state index in [9.17, 15) is 97.2 Å². The molecule has 5 saturated carbocycles. The van der Waals surface area contributed by atoms with E-state index in [1.807, 2.05) is 121 Å². The van der Waals surface area contributed by atoms with Crippen LogP contribution in [-0.2, 0) is 101 Å². The van der Waals surface area contributed by atoms with Crippen molar-refractivity contribution in [3.63, 3.8) is 0 Å². The maximum absolute atomic E-state index is 14.9. The molecule has 6 aliphatic carbocycles. The fraction of sp³-hybridized carbons (Fsp3) is 0.760. The van der Waals surface area contributed by atoms with Gasteiger partial charge in [0.05, 0.1) is 18.1 Å². The molecule has 42 nitrogen and oxygen atoms in total. The number of hydrogen-bond acceptors (Lipinski definition) is 21. The second kappa shape index (κ2) is 48.2. The molecule has 8 fully saturated rings. The standard InChI is InChI=1S/C39H59N7O7S.C33H59N7O7S.C32H55N7O7S/c1-10-17-40-35(49)33(47)28(18-23-15-16-23)41-34(48)32-30-27(39(30,5)6)21-46(32)36(50)31(26-19-24-13-11-12-14-25(24)20-26)43-37(51)42-29(38(2,3)4)22-45(9)54(52,53)44(7)8;1-13-34-28(43)25(41)21(16-19-14-15-19)35-27(42)24-23-20(33(23,8)9)17-40(24)29(44)26(32(5,6)7)37-30(45)36-22(31(2,3)4)18-39(12)48(46,47)38(10)11;1-13-15-16-20(24(40)27(42)34-14-2)35-26(41)23-22-19(32(22,9)10)17-39(23)28(43)25(31(6,7)8)37-29(44)36-21(30(3,4)5)18-38(12)47(45,46)33-11/h10-14,23,26-32H,1,15-22H2,2-9H3,(H,40,49)(H,41,48)(H2,42,43,51);19-24,26H,13-18H2,1-12H3,(H,34,43)(H,35,42)(H2,36,37,45);1,19-23,25,33H,14-18H2,2-12H3,(H,34,42)(H,35,41)(H2,36,37,44)/t27-,28?,29+,30-,31-,32-;20-,21?,22+,23-,24-,26+;19-,20?,21+,22-,23-,25+/m000/s1. The van der Waals surface area contributed by atoms with Gasteiger partial charge in [0, 0.05) is 140 Å². The number of terminal acetylenes is 1. The normalized spacial score (nSPS) is 23.3. The number of urea groups is 3. The molecule has 13 N–H and O–H groups in total. The number of hydrogen-bond donors (Lipinski definition) is 13. The van der Waals surface area contributed by atoms with Crippen molar-refractivity contribution in [3.8, 4) is 12.3 Å². The number of piperidine rings is 3. The van der Waals surface area contributed by atoms with Gasteiger partial charge in [-0.05, 0) is 154 Å². The summed E-state index contributed by atoms with van der Waals surface area (Å²) in [5.41, 5.74) is -1.69. The molecule has 45 heteroatoms. The number of fused-ring (bicyclic) bond motifs is 4. The van der Waals surface area contributed by atoms with Gasteiger partial charge in [-0.15, -0.1) is 18.9 Å². The van der Waals surface area contributed by atoms with Crippen molar-refractivity contribution >= 4 is 119 Å². The number of likely N-dealkylation sites (N-methyl/N-ethyl adjacent to an activating group) is 5. The van der Waals surface area contributed by atoms with Crippen LogP contribution in [0.3, 0.4) is 0 Å². The summed E-state index contributed by atoms with van der Waals surface area (Å²) in [6.45, 7) is 48.5. The average Bonchev–Trinajstić information content (AvgIpc) is 1.53. The molecule has 1 aromatic carbocycles. The fourth-order valence-corrected chi connectivity index (χ4v) is 23.6. The zero-order valence-electron chi connectivity index (χ0n) is 93.6. The van der Waals surface area contributed by atoms with E-state index < -0.39 is 213 Å². The smallest absolute Gasteiger partial charge is 0.315 e. The Morgan fingerprint density at radius 2 is 0.752 bits per heavy atom. The van der Waals surface area contributed by atoms with E-state index in [1.165, 1.54) is 80.9 Å². The van der Waals surface area contributed by atoms with Crippen molar-refractivity contribution in [3.05, 3.63) is 48.0 Å². The van der Waals surface area contributed by atoms with Crippen molar-refractivity contribution in [1.82, 2.24) is 105 Å². The number of Topliss-reactive ketones (excluding diaryl/α,β-unsaturated/α-hetero) is 3. The molecular weight excluding hydrogens is 1980 g/mol. The Morgan fingerprint density at radius 1 is 0.443 bits per heavy atom. The first-order chi connectivity index (χ1) is 68.5. The van der Waals surface area contributed by atoms with Crippen LogP contribution < -0.4 is 68.5 Å². The molecule has 149 heavy (non-hydrogen) atoms. The zero-order valence-corrected chi connectivity index (χ0v) is 96.1. The molecule has 3 saturated heterocycles. The largest absolute Gasteiger partial charge is 0.350 e. The molecule has 0 bridgehead atoms. The van der Waals surface area contributed by atoms with E-state index in [0.717, 1.165) is 49.7 Å². The van der Waals surface area contributed by atoms with Crippen LogP contribution in [0.15, 0.2) is 36.9 Å². The summed E-state index contributed by atoms with van der Waals surface area (Å²) in [6.07, 6.45) is 12.6.